The van der Waals surface area contributed by atoms with Crippen LogP contribution in [0.25, 0.3) is 0 Å². The molecule has 5 nitrogen and oxygen atoms in total. The number of aromatic nitrogens is 2. The van der Waals surface area contributed by atoms with Gasteiger partial charge < -0.3 is 10.2 Å². The first-order chi connectivity index (χ1) is 12.3. The molecule has 138 valence electrons. The molecule has 2 atom stereocenters. The Bertz CT molecular complexity index is 869. The van der Waals surface area contributed by atoms with E-state index in [0.717, 1.165) is 23.2 Å². The predicted octanol–water partition coefficient (Wildman–Crippen LogP) is 4.01. The van der Waals surface area contributed by atoms with Gasteiger partial charge in [-0.25, -0.2) is 0 Å². The molecule has 1 N–H and O–H groups in total. The number of likely N-dealkylation sites (tertiary alicyclic amines) is 1. The molecule has 26 heavy (non-hydrogen) atoms. The average molecular weight is 456 g/mol. The van der Waals surface area contributed by atoms with E-state index in [1.807, 2.05) is 36.2 Å². The fraction of sp³-hybridized carbons (Fsp3) is 0.389. The van der Waals surface area contributed by atoms with Crippen molar-refractivity contribution in [3.8, 4) is 0 Å². The van der Waals surface area contributed by atoms with E-state index in [2.05, 4.69) is 33.3 Å². The van der Waals surface area contributed by atoms with Gasteiger partial charge in [0.05, 0.1) is 10.9 Å². The molecule has 2 aromatic rings. The SMILES string of the molecule is CCc1ccccc1NC(=O)[C@H]1C(=S)N(C)C[C@@H]1c1c(Br)nn(C)c1Cl. The van der Waals surface area contributed by atoms with Crippen LogP contribution in [0.5, 0.6) is 0 Å². The van der Waals surface area contributed by atoms with E-state index in [4.69, 9.17) is 23.8 Å². The van der Waals surface area contributed by atoms with E-state index in [-0.39, 0.29) is 11.8 Å². The lowest BCUT2D eigenvalue weighted by atomic mass is 9.90. The Morgan fingerprint density at radius 3 is 2.73 bits per heavy atom. The number of likely N-dealkylation sites (N-methyl/N-ethyl adjacent to an activating group) is 1. The maximum absolute atomic E-state index is 13.1. The summed E-state index contributed by atoms with van der Waals surface area (Å²) in [6.07, 6.45) is 0.842. The number of aryl methyl sites for hydroxylation is 2. The van der Waals surface area contributed by atoms with Gasteiger partial charge in [-0.2, -0.15) is 5.10 Å². The molecule has 1 fully saturated rings. The first-order valence-electron chi connectivity index (χ1n) is 8.36. The fourth-order valence-corrected chi connectivity index (χ4v) is 4.86. The summed E-state index contributed by atoms with van der Waals surface area (Å²) in [6, 6.07) is 7.82. The smallest absolute Gasteiger partial charge is 0.235 e. The van der Waals surface area contributed by atoms with Gasteiger partial charge in [-0.15, -0.1) is 0 Å². The monoisotopic (exact) mass is 454 g/mol. The van der Waals surface area contributed by atoms with Gasteiger partial charge >= 0.3 is 0 Å². The Morgan fingerprint density at radius 1 is 1.42 bits per heavy atom. The number of carbonyl (C=O) groups excluding carboxylic acids is 1. The minimum atomic E-state index is -0.474. The lowest BCUT2D eigenvalue weighted by Gasteiger charge is -2.19. The third-order valence-electron chi connectivity index (χ3n) is 4.79. The Morgan fingerprint density at radius 2 is 2.12 bits per heavy atom. The molecule has 3 rings (SSSR count). The molecule has 1 aromatic heterocycles. The molecule has 0 spiro atoms. The molecule has 1 saturated heterocycles. The molecule has 0 aliphatic carbocycles. The Hall–Kier alpha value is -1.44. The molecule has 0 saturated carbocycles. The van der Waals surface area contributed by atoms with Crippen LogP contribution < -0.4 is 5.32 Å². The first-order valence-corrected chi connectivity index (χ1v) is 9.94. The lowest BCUT2D eigenvalue weighted by Crippen LogP contribution is -2.32. The third-order valence-corrected chi connectivity index (χ3v) is 6.39. The number of anilines is 1. The predicted molar refractivity (Wildman–Crippen MR) is 112 cm³/mol. The summed E-state index contributed by atoms with van der Waals surface area (Å²) in [5, 5.41) is 7.90. The van der Waals surface area contributed by atoms with Gasteiger partial charge in [0.15, 0.2) is 0 Å². The van der Waals surface area contributed by atoms with Crippen LogP contribution in [0.2, 0.25) is 5.15 Å². The van der Waals surface area contributed by atoms with Crippen molar-refractivity contribution in [1.29, 1.82) is 0 Å². The van der Waals surface area contributed by atoms with E-state index in [1.54, 1.807) is 11.7 Å². The van der Waals surface area contributed by atoms with Crippen LogP contribution in [-0.2, 0) is 18.3 Å². The highest BCUT2D eigenvalue weighted by atomic mass is 79.9. The highest BCUT2D eigenvalue weighted by molar-refractivity contribution is 9.10. The second-order valence-corrected chi connectivity index (χ2v) is 7.95. The zero-order chi connectivity index (χ0) is 19.0. The first kappa shape index (κ1) is 19.3. The number of para-hydroxylation sites is 1. The minimum absolute atomic E-state index is 0.114. The van der Waals surface area contributed by atoms with E-state index in [9.17, 15) is 4.79 Å². The standard InChI is InChI=1S/C18H20BrClN4OS/c1-4-10-7-5-6-8-12(10)21-17(25)14-11(9-23(2)18(14)26)13-15(19)22-24(3)16(13)20/h5-8,11,14H,4,9H2,1-3H3,(H,21,25)/t11-,14+/m1/s1. The zero-order valence-corrected chi connectivity index (χ0v) is 18.0. The summed E-state index contributed by atoms with van der Waals surface area (Å²) in [5.41, 5.74) is 2.74. The summed E-state index contributed by atoms with van der Waals surface area (Å²) < 4.78 is 2.25. The quantitative estimate of drug-likeness (QED) is 0.708. The van der Waals surface area contributed by atoms with Crippen LogP contribution in [0.3, 0.4) is 0 Å². The molecule has 1 aromatic carbocycles. The molecule has 1 amide bonds. The highest BCUT2D eigenvalue weighted by Gasteiger charge is 2.44. The van der Waals surface area contributed by atoms with Crippen molar-refractivity contribution in [3.05, 3.63) is 45.1 Å². The van der Waals surface area contributed by atoms with E-state index < -0.39 is 5.92 Å². The molecule has 2 heterocycles. The molecule has 1 aliphatic rings. The lowest BCUT2D eigenvalue weighted by molar-refractivity contribution is -0.118. The van der Waals surface area contributed by atoms with Gasteiger partial charge in [-0.1, -0.05) is 48.9 Å². The summed E-state index contributed by atoms with van der Waals surface area (Å²) in [6.45, 7) is 2.69. The van der Waals surface area contributed by atoms with E-state index >= 15 is 0 Å². The second kappa shape index (κ2) is 7.66. The third kappa shape index (κ3) is 3.40. The van der Waals surface area contributed by atoms with Crippen molar-refractivity contribution >= 4 is 56.3 Å². The topological polar surface area (TPSA) is 50.2 Å². The summed E-state index contributed by atoms with van der Waals surface area (Å²) in [5.74, 6) is -0.744. The average Bonchev–Trinajstić information content (AvgIpc) is 3.03. The van der Waals surface area contributed by atoms with Gasteiger partial charge in [0.25, 0.3) is 0 Å². The van der Waals surface area contributed by atoms with Crippen LogP contribution >= 0.6 is 39.7 Å². The van der Waals surface area contributed by atoms with Crippen LogP contribution in [0.4, 0.5) is 5.69 Å². The summed E-state index contributed by atoms with van der Waals surface area (Å²) >= 11 is 15.5. The van der Waals surface area contributed by atoms with Crippen molar-refractivity contribution in [1.82, 2.24) is 14.7 Å². The molecule has 0 unspecified atom stereocenters. The number of rotatable bonds is 4. The van der Waals surface area contributed by atoms with Gasteiger partial charge in [0, 0.05) is 37.8 Å². The highest BCUT2D eigenvalue weighted by Crippen LogP contribution is 2.41. The number of hydrogen-bond acceptors (Lipinski definition) is 3. The van der Waals surface area contributed by atoms with Gasteiger partial charge in [0.1, 0.15) is 9.76 Å². The van der Waals surface area contributed by atoms with Crippen molar-refractivity contribution in [3.63, 3.8) is 0 Å². The Labute approximate surface area is 171 Å². The second-order valence-electron chi connectivity index (χ2n) is 6.42. The van der Waals surface area contributed by atoms with Crippen molar-refractivity contribution in [2.24, 2.45) is 13.0 Å². The number of hydrogen-bond donors (Lipinski definition) is 1. The van der Waals surface area contributed by atoms with E-state index in [1.165, 1.54) is 0 Å². The van der Waals surface area contributed by atoms with Crippen LogP contribution in [-0.4, -0.2) is 39.2 Å². The maximum atomic E-state index is 13.1. The van der Waals surface area contributed by atoms with Crippen LogP contribution in [0.15, 0.2) is 28.9 Å². The number of carbonyl (C=O) groups is 1. The molecule has 0 bridgehead atoms. The zero-order valence-electron chi connectivity index (χ0n) is 14.8. The number of amides is 1. The van der Waals surface area contributed by atoms with Crippen LogP contribution in [0.1, 0.15) is 24.0 Å². The maximum Gasteiger partial charge on any atom is 0.235 e. The van der Waals surface area contributed by atoms with Crippen molar-refractivity contribution in [2.45, 2.75) is 19.3 Å². The summed E-state index contributed by atoms with van der Waals surface area (Å²) in [7, 11) is 3.68. The van der Waals surface area contributed by atoms with Crippen molar-refractivity contribution < 1.29 is 4.79 Å². The molecular weight excluding hydrogens is 436 g/mol. The number of halogens is 2. The molecular formula is C18H20BrClN4OS. The fourth-order valence-electron chi connectivity index (χ4n) is 3.41. The Kier molecular flexibility index (Phi) is 5.69. The van der Waals surface area contributed by atoms with E-state index in [0.29, 0.717) is 21.3 Å². The number of benzene rings is 1. The number of nitrogens with one attached hydrogen (secondary N) is 1. The largest absolute Gasteiger partial charge is 0.368 e. The van der Waals surface area contributed by atoms with Gasteiger partial charge in [-0.3, -0.25) is 9.48 Å². The van der Waals surface area contributed by atoms with Crippen molar-refractivity contribution in [2.75, 3.05) is 18.9 Å². The Balaban J connectivity index is 1.95. The van der Waals surface area contributed by atoms with Gasteiger partial charge in [0.2, 0.25) is 5.91 Å². The normalized spacial score (nSPS) is 19.9. The molecule has 8 heteroatoms. The molecule has 0 radical (unpaired) electrons. The number of nitrogens with zero attached hydrogens (tertiary/aromatic N) is 3. The minimum Gasteiger partial charge on any atom is -0.368 e. The number of thiocarbonyl (C=S) groups is 1. The van der Waals surface area contributed by atoms with Gasteiger partial charge in [-0.05, 0) is 34.0 Å². The molecule has 1 aliphatic heterocycles. The summed E-state index contributed by atoms with van der Waals surface area (Å²) in [4.78, 5) is 15.7. The van der Waals surface area contributed by atoms with Crippen LogP contribution in [0, 0.1) is 5.92 Å².